The monoisotopic (exact) mass is 469 g/mol. The summed E-state index contributed by atoms with van der Waals surface area (Å²) in [6, 6.07) is 13.9. The fourth-order valence-corrected chi connectivity index (χ4v) is 3.92. The van der Waals surface area contributed by atoms with Crippen LogP contribution in [0.15, 0.2) is 47.3 Å². The van der Waals surface area contributed by atoms with Gasteiger partial charge in [0.2, 0.25) is 0 Å². The summed E-state index contributed by atoms with van der Waals surface area (Å²) in [4.78, 5) is 17.9. The van der Waals surface area contributed by atoms with Crippen LogP contribution in [0, 0.1) is 6.92 Å². The molecule has 1 aromatic heterocycles. The lowest BCUT2D eigenvalue weighted by Gasteiger charge is -2.26. The number of aromatic amines is 1. The highest BCUT2D eigenvalue weighted by molar-refractivity contribution is 7.80. The summed E-state index contributed by atoms with van der Waals surface area (Å²) in [6.45, 7) is 4.28. The van der Waals surface area contributed by atoms with E-state index in [1.807, 2.05) is 17.0 Å². The predicted molar refractivity (Wildman–Crippen MR) is 135 cm³/mol. The number of methoxy groups -OCH3 is 3. The summed E-state index contributed by atoms with van der Waals surface area (Å²) in [5.41, 5.74) is 3.59. The minimum Gasteiger partial charge on any atom is -0.493 e. The molecule has 0 spiro atoms. The first kappa shape index (κ1) is 24.5. The second-order valence-corrected chi connectivity index (χ2v) is 8.19. The van der Waals surface area contributed by atoms with Crippen LogP contribution in [0.2, 0.25) is 0 Å². The third kappa shape index (κ3) is 6.46. The lowest BCUT2D eigenvalue weighted by atomic mass is 10.1. The first-order valence-corrected chi connectivity index (χ1v) is 11.2. The number of H-pyrrole nitrogens is 1. The van der Waals surface area contributed by atoms with Gasteiger partial charge in [0.25, 0.3) is 5.56 Å². The molecule has 0 fully saturated rings. The van der Waals surface area contributed by atoms with Gasteiger partial charge in [-0.3, -0.25) is 4.79 Å². The zero-order valence-corrected chi connectivity index (χ0v) is 20.4. The number of aromatic nitrogens is 1. The van der Waals surface area contributed by atoms with E-state index in [9.17, 15) is 4.79 Å². The van der Waals surface area contributed by atoms with Crippen molar-refractivity contribution in [3.8, 4) is 11.5 Å². The van der Waals surface area contributed by atoms with Gasteiger partial charge < -0.3 is 29.4 Å². The van der Waals surface area contributed by atoms with Gasteiger partial charge in [-0.05, 0) is 43.3 Å². The van der Waals surface area contributed by atoms with Crippen molar-refractivity contribution >= 4 is 28.2 Å². The van der Waals surface area contributed by atoms with Crippen LogP contribution in [0.3, 0.4) is 0 Å². The topological polar surface area (TPSA) is 75.8 Å². The van der Waals surface area contributed by atoms with Gasteiger partial charge in [0.05, 0.1) is 32.9 Å². The predicted octanol–water partition coefficient (Wildman–Crippen LogP) is 3.42. The molecule has 0 amide bonds. The van der Waals surface area contributed by atoms with Gasteiger partial charge in [-0.15, -0.1) is 0 Å². The van der Waals surface area contributed by atoms with Crippen LogP contribution in [0.4, 0.5) is 0 Å². The van der Waals surface area contributed by atoms with E-state index in [0.717, 1.165) is 11.8 Å². The first-order valence-electron chi connectivity index (χ1n) is 10.8. The van der Waals surface area contributed by atoms with Crippen molar-refractivity contribution in [3.63, 3.8) is 0 Å². The smallest absolute Gasteiger partial charge is 0.253 e. The molecule has 0 unspecified atom stereocenters. The van der Waals surface area contributed by atoms with Gasteiger partial charge in [0, 0.05) is 37.2 Å². The minimum absolute atomic E-state index is 0.157. The molecule has 8 heteroatoms. The summed E-state index contributed by atoms with van der Waals surface area (Å²) in [7, 11) is 4.81. The molecule has 7 nitrogen and oxygen atoms in total. The molecule has 0 aliphatic heterocycles. The quantitative estimate of drug-likeness (QED) is 0.348. The van der Waals surface area contributed by atoms with E-state index in [2.05, 4.69) is 41.5 Å². The fraction of sp³-hybridized carbons (Fsp3) is 0.360. The Morgan fingerprint density at radius 1 is 1.09 bits per heavy atom. The van der Waals surface area contributed by atoms with Crippen molar-refractivity contribution in [1.29, 1.82) is 0 Å². The molecular weight excluding hydrogens is 438 g/mol. The van der Waals surface area contributed by atoms with Crippen molar-refractivity contribution in [2.24, 2.45) is 0 Å². The average Bonchev–Trinajstić information content (AvgIpc) is 2.81. The number of hydrogen-bond donors (Lipinski definition) is 2. The molecule has 0 atom stereocenters. The van der Waals surface area contributed by atoms with Crippen molar-refractivity contribution in [2.45, 2.75) is 19.9 Å². The molecule has 1 heterocycles. The summed E-state index contributed by atoms with van der Waals surface area (Å²) in [5, 5.41) is 4.67. The van der Waals surface area contributed by atoms with Crippen LogP contribution in [-0.4, -0.2) is 56.0 Å². The van der Waals surface area contributed by atoms with Gasteiger partial charge in [0.1, 0.15) is 0 Å². The second kappa shape index (κ2) is 11.7. The zero-order chi connectivity index (χ0) is 23.8. The average molecular weight is 470 g/mol. The number of rotatable bonds is 10. The van der Waals surface area contributed by atoms with Gasteiger partial charge in [0.15, 0.2) is 16.6 Å². The van der Waals surface area contributed by atoms with E-state index in [1.165, 1.54) is 11.1 Å². The first-order chi connectivity index (χ1) is 15.9. The van der Waals surface area contributed by atoms with Crippen LogP contribution < -0.4 is 20.3 Å². The third-order valence-corrected chi connectivity index (χ3v) is 5.81. The van der Waals surface area contributed by atoms with E-state index in [4.69, 9.17) is 26.4 Å². The number of fused-ring (bicyclic) bond motifs is 1. The molecule has 0 saturated heterocycles. The Hall–Kier alpha value is -3.10. The number of thiocarbonyl (C=S) groups is 1. The number of hydrogen-bond acceptors (Lipinski definition) is 5. The molecule has 0 aliphatic carbocycles. The Morgan fingerprint density at radius 3 is 2.55 bits per heavy atom. The van der Waals surface area contributed by atoms with Gasteiger partial charge in [-0.2, -0.15) is 0 Å². The maximum atomic E-state index is 12.9. The molecule has 176 valence electrons. The number of ether oxygens (including phenoxy) is 3. The summed E-state index contributed by atoms with van der Waals surface area (Å²) in [5.74, 6) is 1.17. The maximum absolute atomic E-state index is 12.9. The molecule has 0 saturated carbocycles. The minimum atomic E-state index is -0.157. The van der Waals surface area contributed by atoms with Crippen molar-refractivity contribution in [3.05, 3.63) is 69.5 Å². The van der Waals surface area contributed by atoms with Crippen LogP contribution in [0.1, 0.15) is 16.7 Å². The van der Waals surface area contributed by atoms with Crippen molar-refractivity contribution in [2.75, 3.05) is 41.0 Å². The Bertz CT molecular complexity index is 1160. The summed E-state index contributed by atoms with van der Waals surface area (Å²) < 4.78 is 15.9. The summed E-state index contributed by atoms with van der Waals surface area (Å²) in [6.07, 6.45) is 0.810. The highest BCUT2D eigenvalue weighted by atomic mass is 32.1. The molecule has 0 aliphatic rings. The molecule has 0 radical (unpaired) electrons. The Morgan fingerprint density at radius 2 is 1.85 bits per heavy atom. The van der Waals surface area contributed by atoms with E-state index < -0.39 is 0 Å². The van der Waals surface area contributed by atoms with Crippen molar-refractivity contribution in [1.82, 2.24) is 15.2 Å². The summed E-state index contributed by atoms with van der Waals surface area (Å²) >= 11 is 5.65. The SMILES string of the molecule is COCCNC(=S)N(CCc1cccc(C)c1)Cc1cc2cc(OC)c(OC)cc2[nH]c1=O. The number of nitrogens with zero attached hydrogens (tertiary/aromatic N) is 1. The van der Waals surface area contributed by atoms with E-state index in [0.29, 0.717) is 53.9 Å². The zero-order valence-electron chi connectivity index (χ0n) is 19.6. The van der Waals surface area contributed by atoms with Crippen molar-refractivity contribution < 1.29 is 14.2 Å². The molecule has 2 N–H and O–H groups in total. The van der Waals surface area contributed by atoms with Gasteiger partial charge >= 0.3 is 0 Å². The molecule has 3 aromatic rings. The molecule has 33 heavy (non-hydrogen) atoms. The van der Waals surface area contributed by atoms with Crippen LogP contribution in [-0.2, 0) is 17.7 Å². The highest BCUT2D eigenvalue weighted by Gasteiger charge is 2.15. The van der Waals surface area contributed by atoms with Crippen LogP contribution >= 0.6 is 12.2 Å². The number of benzene rings is 2. The largest absolute Gasteiger partial charge is 0.493 e. The number of pyridine rings is 1. The fourth-order valence-electron chi connectivity index (χ4n) is 3.66. The Balaban J connectivity index is 1.87. The molecule has 3 rings (SSSR count). The van der Waals surface area contributed by atoms with E-state index >= 15 is 0 Å². The van der Waals surface area contributed by atoms with Crippen LogP contribution in [0.25, 0.3) is 10.9 Å². The maximum Gasteiger partial charge on any atom is 0.253 e. The second-order valence-electron chi connectivity index (χ2n) is 7.80. The van der Waals surface area contributed by atoms with E-state index in [-0.39, 0.29) is 5.56 Å². The van der Waals surface area contributed by atoms with E-state index in [1.54, 1.807) is 27.4 Å². The molecule has 2 aromatic carbocycles. The van der Waals surface area contributed by atoms with Gasteiger partial charge in [-0.25, -0.2) is 0 Å². The standard InChI is InChI=1S/C25H31N3O4S/c1-17-6-5-7-18(12-17)8-10-28(25(33)26-9-11-30-2)16-20-13-19-14-22(31-3)23(32-4)15-21(19)27-24(20)29/h5-7,12-15H,8-11,16H2,1-4H3,(H,26,33)(H,27,29). The highest BCUT2D eigenvalue weighted by Crippen LogP contribution is 2.31. The van der Waals surface area contributed by atoms with Gasteiger partial charge in [-0.1, -0.05) is 29.8 Å². The molecule has 0 bridgehead atoms. The third-order valence-electron chi connectivity index (χ3n) is 5.41. The Kier molecular flexibility index (Phi) is 8.68. The lowest BCUT2D eigenvalue weighted by Crippen LogP contribution is -2.42. The normalized spacial score (nSPS) is 10.8. The number of aryl methyl sites for hydroxylation is 1. The number of nitrogens with one attached hydrogen (secondary N) is 2. The van der Waals surface area contributed by atoms with Crippen LogP contribution in [0.5, 0.6) is 11.5 Å². The lowest BCUT2D eigenvalue weighted by molar-refractivity contribution is 0.203. The Labute approximate surface area is 199 Å². The molecular formula is C25H31N3O4S.